The van der Waals surface area contributed by atoms with Gasteiger partial charge in [0.25, 0.3) is 5.69 Å². The monoisotopic (exact) mass is 226 g/mol. The summed E-state index contributed by atoms with van der Waals surface area (Å²) in [6, 6.07) is 5.57. The number of nitro groups is 2. The van der Waals surface area contributed by atoms with Crippen molar-refractivity contribution < 1.29 is 14.6 Å². The molecule has 0 spiro atoms. The van der Waals surface area contributed by atoms with E-state index in [0.29, 0.717) is 5.56 Å². The summed E-state index contributed by atoms with van der Waals surface area (Å²) in [7, 11) is 1.25. The lowest BCUT2D eigenvalue weighted by atomic mass is 10.1. The molecule has 0 bridgehead atoms. The number of nitrogens with zero attached hydrogens (tertiary/aromatic N) is 2. The lowest BCUT2D eigenvalue weighted by Crippen LogP contribution is -2.24. The van der Waals surface area contributed by atoms with Gasteiger partial charge in [0.05, 0.1) is 16.3 Å². The molecule has 0 aromatic heterocycles. The largest absolute Gasteiger partial charge is 0.320 e. The molecule has 0 aliphatic heterocycles. The zero-order valence-electron chi connectivity index (χ0n) is 8.53. The fourth-order valence-corrected chi connectivity index (χ4v) is 1.20. The minimum absolute atomic E-state index is 0.0428. The predicted octanol–water partition coefficient (Wildman–Crippen LogP) is 1.39. The molecule has 1 atom stereocenters. The van der Waals surface area contributed by atoms with Gasteiger partial charge in [-0.15, -0.1) is 0 Å². The van der Waals surface area contributed by atoms with Crippen molar-refractivity contribution in [2.45, 2.75) is 12.6 Å². The van der Waals surface area contributed by atoms with E-state index in [4.69, 9.17) is 0 Å². The first kappa shape index (κ1) is 12.1. The van der Waals surface area contributed by atoms with Crippen molar-refractivity contribution in [1.29, 1.82) is 0 Å². The van der Waals surface area contributed by atoms with Crippen LogP contribution in [0.15, 0.2) is 24.3 Å². The number of rotatable bonds is 5. The van der Waals surface area contributed by atoms with Gasteiger partial charge < -0.3 is 4.74 Å². The lowest BCUT2D eigenvalue weighted by Gasteiger charge is -2.06. The van der Waals surface area contributed by atoms with E-state index in [2.05, 4.69) is 4.74 Å². The Morgan fingerprint density at radius 2 is 1.81 bits per heavy atom. The topological polar surface area (TPSA) is 95.5 Å². The summed E-state index contributed by atoms with van der Waals surface area (Å²) in [5, 5.41) is 20.9. The SMILES string of the molecule is COC(Cc1ccc([N+](=O)[O-])cc1)[N+](=O)[O-]. The third-order valence-corrected chi connectivity index (χ3v) is 2.06. The van der Waals surface area contributed by atoms with Crippen LogP contribution in [0.3, 0.4) is 0 Å². The molecule has 0 fully saturated rings. The van der Waals surface area contributed by atoms with Gasteiger partial charge in [-0.05, 0) is 5.56 Å². The Labute approximate surface area is 90.9 Å². The summed E-state index contributed by atoms with van der Waals surface area (Å²) in [6.07, 6.45) is -1.04. The molecule has 0 aliphatic rings. The Kier molecular flexibility index (Phi) is 3.90. The number of benzene rings is 1. The van der Waals surface area contributed by atoms with E-state index in [9.17, 15) is 20.2 Å². The van der Waals surface area contributed by atoms with Gasteiger partial charge in [0, 0.05) is 19.2 Å². The molecular formula is C9H10N2O5. The Bertz CT molecular complexity index is 389. The highest BCUT2D eigenvalue weighted by Gasteiger charge is 2.19. The van der Waals surface area contributed by atoms with Crippen LogP contribution in [0.2, 0.25) is 0 Å². The Balaban J connectivity index is 2.75. The standard InChI is InChI=1S/C9H10N2O5/c1-16-9(11(14)15)6-7-2-4-8(5-3-7)10(12)13/h2-5,9H,6H2,1H3. The first-order chi connectivity index (χ1) is 7.54. The average Bonchev–Trinajstić information content (AvgIpc) is 2.26. The molecule has 1 aromatic carbocycles. The number of hydrogen-bond donors (Lipinski definition) is 0. The molecule has 1 rings (SSSR count). The van der Waals surface area contributed by atoms with Gasteiger partial charge in [-0.1, -0.05) is 12.1 Å². The number of methoxy groups -OCH3 is 1. The van der Waals surface area contributed by atoms with E-state index in [0.717, 1.165) is 0 Å². The average molecular weight is 226 g/mol. The highest BCUT2D eigenvalue weighted by Crippen LogP contribution is 2.13. The lowest BCUT2D eigenvalue weighted by molar-refractivity contribution is -0.572. The second-order valence-corrected chi connectivity index (χ2v) is 3.10. The summed E-state index contributed by atoms with van der Waals surface area (Å²) in [5.41, 5.74) is 0.577. The van der Waals surface area contributed by atoms with Crippen LogP contribution < -0.4 is 0 Å². The maximum Gasteiger partial charge on any atom is 0.319 e. The molecule has 0 saturated carbocycles. The Hall–Kier alpha value is -2.02. The van der Waals surface area contributed by atoms with Crippen LogP contribution in [0.5, 0.6) is 0 Å². The zero-order chi connectivity index (χ0) is 12.1. The minimum Gasteiger partial charge on any atom is -0.320 e. The quantitative estimate of drug-likeness (QED) is 0.429. The first-order valence-corrected chi connectivity index (χ1v) is 4.44. The highest BCUT2D eigenvalue weighted by atomic mass is 16.7. The molecule has 1 aromatic rings. The third kappa shape index (κ3) is 2.99. The van der Waals surface area contributed by atoms with Gasteiger partial charge in [-0.25, -0.2) is 0 Å². The van der Waals surface area contributed by atoms with Crippen LogP contribution in [0.4, 0.5) is 5.69 Å². The molecule has 86 valence electrons. The van der Waals surface area contributed by atoms with E-state index in [1.807, 2.05) is 0 Å². The summed E-state index contributed by atoms with van der Waals surface area (Å²) in [4.78, 5) is 19.8. The Morgan fingerprint density at radius 1 is 1.25 bits per heavy atom. The summed E-state index contributed by atoms with van der Waals surface area (Å²) in [6.45, 7) is 0. The van der Waals surface area contributed by atoms with Crippen molar-refractivity contribution in [2.24, 2.45) is 0 Å². The summed E-state index contributed by atoms with van der Waals surface area (Å²) < 4.78 is 4.66. The van der Waals surface area contributed by atoms with Crippen LogP contribution >= 0.6 is 0 Å². The fraction of sp³-hybridized carbons (Fsp3) is 0.333. The second kappa shape index (κ2) is 5.17. The maximum absolute atomic E-state index is 10.5. The Morgan fingerprint density at radius 3 is 2.19 bits per heavy atom. The molecule has 7 nitrogen and oxygen atoms in total. The fourth-order valence-electron chi connectivity index (χ4n) is 1.20. The van der Waals surface area contributed by atoms with Crippen molar-refractivity contribution in [3.05, 3.63) is 50.1 Å². The van der Waals surface area contributed by atoms with Crippen molar-refractivity contribution in [2.75, 3.05) is 7.11 Å². The molecule has 0 saturated heterocycles. The normalized spacial score (nSPS) is 12.1. The molecule has 0 heterocycles. The number of ether oxygens (including phenoxy) is 1. The van der Waals surface area contributed by atoms with Crippen LogP contribution in [0, 0.1) is 20.2 Å². The van der Waals surface area contributed by atoms with Gasteiger partial charge in [0.1, 0.15) is 0 Å². The molecule has 0 amide bonds. The van der Waals surface area contributed by atoms with Crippen LogP contribution in [-0.2, 0) is 11.2 Å². The molecule has 0 radical (unpaired) electrons. The van der Waals surface area contributed by atoms with Crippen LogP contribution in [0.1, 0.15) is 5.56 Å². The van der Waals surface area contributed by atoms with Gasteiger partial charge in [0.15, 0.2) is 0 Å². The van der Waals surface area contributed by atoms with Gasteiger partial charge >= 0.3 is 6.23 Å². The van der Waals surface area contributed by atoms with E-state index in [-0.39, 0.29) is 12.1 Å². The van der Waals surface area contributed by atoms with Crippen LogP contribution in [0.25, 0.3) is 0 Å². The van der Waals surface area contributed by atoms with E-state index in [1.165, 1.54) is 31.4 Å². The molecule has 7 heteroatoms. The summed E-state index contributed by atoms with van der Waals surface area (Å²) >= 11 is 0. The highest BCUT2D eigenvalue weighted by molar-refractivity contribution is 5.32. The van der Waals surface area contributed by atoms with Gasteiger partial charge in [0.2, 0.25) is 0 Å². The maximum atomic E-state index is 10.5. The molecule has 0 N–H and O–H groups in total. The number of hydrogen-bond acceptors (Lipinski definition) is 5. The van der Waals surface area contributed by atoms with Gasteiger partial charge in [-0.3, -0.25) is 20.2 Å². The minimum atomic E-state index is -1.12. The van der Waals surface area contributed by atoms with Crippen molar-refractivity contribution in [1.82, 2.24) is 0 Å². The second-order valence-electron chi connectivity index (χ2n) is 3.10. The molecular weight excluding hydrogens is 216 g/mol. The summed E-state index contributed by atoms with van der Waals surface area (Å²) in [5.74, 6) is 0. The molecule has 1 unspecified atom stereocenters. The van der Waals surface area contributed by atoms with E-state index < -0.39 is 16.1 Å². The van der Waals surface area contributed by atoms with Crippen molar-refractivity contribution in [3.63, 3.8) is 0 Å². The first-order valence-electron chi connectivity index (χ1n) is 4.44. The van der Waals surface area contributed by atoms with Crippen molar-refractivity contribution in [3.8, 4) is 0 Å². The number of nitro benzene ring substituents is 1. The van der Waals surface area contributed by atoms with Gasteiger partial charge in [-0.2, -0.15) is 0 Å². The van der Waals surface area contributed by atoms with E-state index >= 15 is 0 Å². The molecule has 16 heavy (non-hydrogen) atoms. The molecule has 0 aliphatic carbocycles. The number of non-ortho nitro benzene ring substituents is 1. The van der Waals surface area contributed by atoms with Crippen LogP contribution in [-0.4, -0.2) is 23.2 Å². The zero-order valence-corrected chi connectivity index (χ0v) is 8.53. The smallest absolute Gasteiger partial charge is 0.319 e. The predicted molar refractivity (Wildman–Crippen MR) is 54.6 cm³/mol. The van der Waals surface area contributed by atoms with E-state index in [1.54, 1.807) is 0 Å². The third-order valence-electron chi connectivity index (χ3n) is 2.06. The van der Waals surface area contributed by atoms with Crippen molar-refractivity contribution >= 4 is 5.69 Å².